The zero-order chi connectivity index (χ0) is 15.7. The number of thiocarbonyl (C=S) groups is 1. The Labute approximate surface area is 131 Å². The van der Waals surface area contributed by atoms with Crippen LogP contribution in [-0.4, -0.2) is 47.1 Å². The molecule has 0 saturated heterocycles. The maximum atomic E-state index is 12.0. The smallest absolute Gasteiger partial charge is 0.238 e. The summed E-state index contributed by atoms with van der Waals surface area (Å²) in [7, 11) is 0. The number of carbonyl (C=O) groups excluding carboxylic acids is 1. The Kier molecular flexibility index (Phi) is 7.89. The van der Waals surface area contributed by atoms with Crippen LogP contribution in [0.1, 0.15) is 25.3 Å². The van der Waals surface area contributed by atoms with Gasteiger partial charge in [0.1, 0.15) is 4.99 Å². The molecule has 6 heteroatoms. The van der Waals surface area contributed by atoms with Crippen LogP contribution in [0, 0.1) is 0 Å². The predicted octanol–water partition coefficient (Wildman–Crippen LogP) is 1.35. The van der Waals surface area contributed by atoms with E-state index in [4.69, 9.17) is 23.1 Å². The Morgan fingerprint density at radius 3 is 2.52 bits per heavy atom. The minimum absolute atomic E-state index is 0.0552. The largest absolute Gasteiger partial charge is 0.395 e. The molecular weight excluding hydrogens is 286 g/mol. The van der Waals surface area contributed by atoms with E-state index in [0.29, 0.717) is 17.2 Å². The van der Waals surface area contributed by atoms with Crippen molar-refractivity contribution < 1.29 is 9.90 Å². The first kappa shape index (κ1) is 17.6. The molecule has 0 unspecified atom stereocenters. The van der Waals surface area contributed by atoms with E-state index >= 15 is 0 Å². The summed E-state index contributed by atoms with van der Waals surface area (Å²) in [5, 5.41) is 11.9. The van der Waals surface area contributed by atoms with Gasteiger partial charge in [0.15, 0.2) is 0 Å². The van der Waals surface area contributed by atoms with Gasteiger partial charge in [-0.15, -0.1) is 0 Å². The normalized spacial score (nSPS) is 10.6. The molecule has 1 aromatic carbocycles. The van der Waals surface area contributed by atoms with Crippen molar-refractivity contribution >= 4 is 28.8 Å². The second-order valence-electron chi connectivity index (χ2n) is 4.84. The Balaban J connectivity index is 2.52. The van der Waals surface area contributed by atoms with Crippen LogP contribution in [0.3, 0.4) is 0 Å². The maximum absolute atomic E-state index is 12.0. The predicted molar refractivity (Wildman–Crippen MR) is 89.4 cm³/mol. The second-order valence-corrected chi connectivity index (χ2v) is 5.28. The molecular formula is C15H23N3O2S. The standard InChI is InChI=1S/C15H23N3O2S/c1-2-3-8-18(9-10-19)11-14(20)17-13-6-4-12(5-7-13)15(16)21/h4-7,19H,2-3,8-11H2,1H3,(H2,16,21)(H,17,20). The Morgan fingerprint density at radius 2 is 2.00 bits per heavy atom. The van der Waals surface area contributed by atoms with E-state index in [9.17, 15) is 4.79 Å². The van der Waals surface area contributed by atoms with E-state index in [-0.39, 0.29) is 19.1 Å². The number of benzene rings is 1. The molecule has 1 aromatic rings. The summed E-state index contributed by atoms with van der Waals surface area (Å²) in [5.41, 5.74) is 7.00. The minimum atomic E-state index is -0.0948. The number of anilines is 1. The molecule has 0 atom stereocenters. The average molecular weight is 309 g/mol. The lowest BCUT2D eigenvalue weighted by atomic mass is 10.2. The quantitative estimate of drug-likeness (QED) is 0.600. The van der Waals surface area contributed by atoms with Crippen molar-refractivity contribution in [3.05, 3.63) is 29.8 Å². The monoisotopic (exact) mass is 309 g/mol. The minimum Gasteiger partial charge on any atom is -0.395 e. The first-order chi connectivity index (χ1) is 10.1. The number of rotatable bonds is 9. The number of aliphatic hydroxyl groups is 1. The lowest BCUT2D eigenvalue weighted by Gasteiger charge is -2.20. The molecule has 4 N–H and O–H groups in total. The molecule has 0 aliphatic heterocycles. The molecule has 21 heavy (non-hydrogen) atoms. The van der Waals surface area contributed by atoms with Crippen molar-refractivity contribution in [2.75, 3.05) is 31.6 Å². The first-order valence-electron chi connectivity index (χ1n) is 7.09. The third kappa shape index (κ3) is 6.66. The molecule has 0 fully saturated rings. The van der Waals surface area contributed by atoms with Crippen LogP contribution >= 0.6 is 12.2 Å². The van der Waals surface area contributed by atoms with Gasteiger partial charge in [-0.1, -0.05) is 25.6 Å². The third-order valence-corrected chi connectivity index (χ3v) is 3.30. The van der Waals surface area contributed by atoms with Crippen LogP contribution in [0.4, 0.5) is 5.69 Å². The van der Waals surface area contributed by atoms with Crippen LogP contribution < -0.4 is 11.1 Å². The van der Waals surface area contributed by atoms with Crippen LogP contribution in [0.15, 0.2) is 24.3 Å². The van der Waals surface area contributed by atoms with Crippen molar-refractivity contribution in [2.45, 2.75) is 19.8 Å². The second kappa shape index (κ2) is 9.44. The van der Waals surface area contributed by atoms with E-state index in [2.05, 4.69) is 12.2 Å². The summed E-state index contributed by atoms with van der Waals surface area (Å²) >= 11 is 4.88. The lowest BCUT2D eigenvalue weighted by Crippen LogP contribution is -2.35. The van der Waals surface area contributed by atoms with E-state index in [0.717, 1.165) is 24.9 Å². The van der Waals surface area contributed by atoms with Gasteiger partial charge in [-0.25, -0.2) is 0 Å². The Morgan fingerprint density at radius 1 is 1.33 bits per heavy atom. The highest BCUT2D eigenvalue weighted by Gasteiger charge is 2.10. The van der Waals surface area contributed by atoms with E-state index in [1.807, 2.05) is 4.90 Å². The highest BCUT2D eigenvalue weighted by Crippen LogP contribution is 2.09. The number of nitrogens with one attached hydrogen (secondary N) is 1. The molecule has 116 valence electrons. The fourth-order valence-electron chi connectivity index (χ4n) is 1.91. The third-order valence-electron chi connectivity index (χ3n) is 3.06. The highest BCUT2D eigenvalue weighted by atomic mass is 32.1. The van der Waals surface area contributed by atoms with Gasteiger partial charge in [0.25, 0.3) is 0 Å². The molecule has 0 bridgehead atoms. The first-order valence-corrected chi connectivity index (χ1v) is 7.50. The van der Waals surface area contributed by atoms with Crippen molar-refractivity contribution in [3.8, 4) is 0 Å². The topological polar surface area (TPSA) is 78.6 Å². The van der Waals surface area contributed by atoms with Gasteiger partial charge in [-0.3, -0.25) is 9.69 Å². The molecule has 0 radical (unpaired) electrons. The molecule has 0 aliphatic rings. The summed E-state index contributed by atoms with van der Waals surface area (Å²) in [6.07, 6.45) is 2.07. The maximum Gasteiger partial charge on any atom is 0.238 e. The zero-order valence-electron chi connectivity index (χ0n) is 12.3. The van der Waals surface area contributed by atoms with E-state index in [1.54, 1.807) is 24.3 Å². The van der Waals surface area contributed by atoms with Crippen LogP contribution in [0.2, 0.25) is 0 Å². The fourth-order valence-corrected chi connectivity index (χ4v) is 2.05. The van der Waals surface area contributed by atoms with Gasteiger partial charge in [0, 0.05) is 17.8 Å². The lowest BCUT2D eigenvalue weighted by molar-refractivity contribution is -0.117. The molecule has 0 saturated carbocycles. The highest BCUT2D eigenvalue weighted by molar-refractivity contribution is 7.80. The summed E-state index contributed by atoms with van der Waals surface area (Å²) in [6, 6.07) is 7.10. The van der Waals surface area contributed by atoms with Crippen molar-refractivity contribution in [1.82, 2.24) is 4.90 Å². The van der Waals surface area contributed by atoms with Gasteiger partial charge in [-0.05, 0) is 37.2 Å². The SMILES string of the molecule is CCCCN(CCO)CC(=O)Nc1ccc(C(N)=S)cc1. The average Bonchev–Trinajstić information content (AvgIpc) is 2.45. The van der Waals surface area contributed by atoms with E-state index < -0.39 is 0 Å². The summed E-state index contributed by atoms with van der Waals surface area (Å²) in [4.78, 5) is 14.3. The van der Waals surface area contributed by atoms with Crippen molar-refractivity contribution in [1.29, 1.82) is 0 Å². The summed E-state index contributed by atoms with van der Waals surface area (Å²) < 4.78 is 0. The fraction of sp³-hybridized carbons (Fsp3) is 0.467. The molecule has 1 amide bonds. The van der Waals surface area contributed by atoms with Crippen LogP contribution in [0.25, 0.3) is 0 Å². The molecule has 1 rings (SSSR count). The molecule has 0 spiro atoms. The summed E-state index contributed by atoms with van der Waals surface area (Å²) in [6.45, 7) is 3.75. The number of hydrogen-bond acceptors (Lipinski definition) is 4. The number of hydrogen-bond donors (Lipinski definition) is 3. The molecule has 0 aliphatic carbocycles. The van der Waals surface area contributed by atoms with Gasteiger partial charge < -0.3 is 16.2 Å². The number of aliphatic hydroxyl groups excluding tert-OH is 1. The number of nitrogens with zero attached hydrogens (tertiary/aromatic N) is 1. The van der Waals surface area contributed by atoms with Crippen LogP contribution in [0.5, 0.6) is 0 Å². The van der Waals surface area contributed by atoms with Crippen molar-refractivity contribution in [3.63, 3.8) is 0 Å². The number of nitrogens with two attached hydrogens (primary N) is 1. The number of amides is 1. The van der Waals surface area contributed by atoms with Crippen LogP contribution in [-0.2, 0) is 4.79 Å². The number of carbonyl (C=O) groups is 1. The van der Waals surface area contributed by atoms with Gasteiger partial charge in [0.05, 0.1) is 13.2 Å². The Bertz CT molecular complexity index is 462. The number of unbranched alkanes of at least 4 members (excludes halogenated alkanes) is 1. The van der Waals surface area contributed by atoms with Gasteiger partial charge in [-0.2, -0.15) is 0 Å². The molecule has 0 aromatic heterocycles. The zero-order valence-corrected chi connectivity index (χ0v) is 13.2. The molecule has 5 nitrogen and oxygen atoms in total. The van der Waals surface area contributed by atoms with Gasteiger partial charge in [0.2, 0.25) is 5.91 Å². The Hall–Kier alpha value is -1.50. The van der Waals surface area contributed by atoms with Gasteiger partial charge >= 0.3 is 0 Å². The molecule has 0 heterocycles. The van der Waals surface area contributed by atoms with Crippen molar-refractivity contribution in [2.24, 2.45) is 5.73 Å². The summed E-state index contributed by atoms with van der Waals surface area (Å²) in [5.74, 6) is -0.0948. The van der Waals surface area contributed by atoms with E-state index in [1.165, 1.54) is 0 Å².